The van der Waals surface area contributed by atoms with Crippen LogP contribution in [0, 0.1) is 6.92 Å². The molecule has 2 amide bonds. The van der Waals surface area contributed by atoms with Crippen LogP contribution >= 0.6 is 23.2 Å². The van der Waals surface area contributed by atoms with E-state index in [1.165, 1.54) is 17.0 Å². The van der Waals surface area contributed by atoms with Gasteiger partial charge in [0.2, 0.25) is 11.8 Å². The highest BCUT2D eigenvalue weighted by Crippen LogP contribution is 2.28. The summed E-state index contributed by atoms with van der Waals surface area (Å²) >= 11 is 12.4. The fourth-order valence-corrected chi connectivity index (χ4v) is 6.18. The summed E-state index contributed by atoms with van der Waals surface area (Å²) in [5, 5.41) is 3.61. The summed E-state index contributed by atoms with van der Waals surface area (Å²) in [6.07, 6.45) is 0.294. The van der Waals surface area contributed by atoms with Crippen LogP contribution in [-0.2, 0) is 26.2 Å². The molecule has 0 aliphatic carbocycles. The third-order valence-corrected chi connectivity index (χ3v) is 9.07. The van der Waals surface area contributed by atoms with Gasteiger partial charge in [0, 0.05) is 12.1 Å². The van der Waals surface area contributed by atoms with Crippen LogP contribution in [0.25, 0.3) is 0 Å². The van der Waals surface area contributed by atoms with E-state index in [9.17, 15) is 18.0 Å². The van der Waals surface area contributed by atoms with Crippen LogP contribution in [0.3, 0.4) is 0 Å². The predicted octanol–water partition coefficient (Wildman–Crippen LogP) is 6.62. The number of hydrogen-bond donors (Lipinski definition) is 1. The summed E-state index contributed by atoms with van der Waals surface area (Å²) in [6, 6.07) is 17.0. The van der Waals surface area contributed by atoms with Crippen molar-refractivity contribution < 1.29 is 22.7 Å². The summed E-state index contributed by atoms with van der Waals surface area (Å²) in [6.45, 7) is 11.0. The lowest BCUT2D eigenvalue weighted by Crippen LogP contribution is -2.55. The minimum atomic E-state index is -4.19. The molecule has 0 unspecified atom stereocenters. The minimum Gasteiger partial charge on any atom is -0.494 e. The van der Waals surface area contributed by atoms with Gasteiger partial charge in [0.05, 0.1) is 27.2 Å². The maximum Gasteiger partial charge on any atom is 0.264 e. The van der Waals surface area contributed by atoms with E-state index in [2.05, 4.69) is 5.32 Å². The van der Waals surface area contributed by atoms with Crippen molar-refractivity contribution in [1.29, 1.82) is 0 Å². The van der Waals surface area contributed by atoms with Crippen molar-refractivity contribution in [3.05, 3.63) is 87.9 Å². The molecule has 0 fully saturated rings. The van der Waals surface area contributed by atoms with E-state index in [0.29, 0.717) is 34.4 Å². The van der Waals surface area contributed by atoms with E-state index in [1.807, 2.05) is 34.6 Å². The fraction of sp³-hybridized carbons (Fsp3) is 0.375. The molecule has 3 rings (SSSR count). The summed E-state index contributed by atoms with van der Waals surface area (Å²) in [4.78, 5) is 29.1. The first-order chi connectivity index (χ1) is 20.2. The number of carbonyl (C=O) groups is 2. The van der Waals surface area contributed by atoms with Gasteiger partial charge in [-0.25, -0.2) is 8.42 Å². The predicted molar refractivity (Wildman–Crippen MR) is 172 cm³/mol. The highest BCUT2D eigenvalue weighted by atomic mass is 35.5. The lowest BCUT2D eigenvalue weighted by Gasteiger charge is -2.35. The van der Waals surface area contributed by atoms with Crippen LogP contribution in [0.15, 0.2) is 71.6 Å². The molecule has 43 heavy (non-hydrogen) atoms. The number of hydrogen-bond acceptors (Lipinski definition) is 5. The Labute approximate surface area is 265 Å². The standard InChI is InChI=1S/C32H39Cl2N3O5S/c1-7-29(31(39)35-32(4,5)6)36(20-23-11-18-27(33)28(34)19-23)30(38)21-37(24-12-14-25(15-13-24)42-8-2)43(40,41)26-16-9-22(3)10-17-26/h9-19,29H,7-8,20-21H2,1-6H3,(H,35,39)/t29-/m1/s1. The van der Waals surface area contributed by atoms with E-state index in [4.69, 9.17) is 27.9 Å². The highest BCUT2D eigenvalue weighted by molar-refractivity contribution is 7.92. The molecule has 1 atom stereocenters. The number of ether oxygens (including phenoxy) is 1. The van der Waals surface area contributed by atoms with E-state index in [1.54, 1.807) is 61.5 Å². The van der Waals surface area contributed by atoms with Gasteiger partial charge in [-0.1, -0.05) is 53.9 Å². The summed E-state index contributed by atoms with van der Waals surface area (Å²) < 4.78 is 34.6. The number of benzene rings is 3. The van der Waals surface area contributed by atoms with Crippen LogP contribution in [0.5, 0.6) is 5.75 Å². The SMILES string of the molecule is CCOc1ccc(N(CC(=O)N(Cc2ccc(Cl)c(Cl)c2)[C@H](CC)C(=O)NC(C)(C)C)S(=O)(=O)c2ccc(C)cc2)cc1. The van der Waals surface area contributed by atoms with Crippen molar-refractivity contribution in [3.8, 4) is 5.75 Å². The summed E-state index contributed by atoms with van der Waals surface area (Å²) in [5.41, 5.74) is 1.26. The molecule has 3 aromatic carbocycles. The topological polar surface area (TPSA) is 96.0 Å². The maximum absolute atomic E-state index is 14.2. The Bertz CT molecular complexity index is 1520. The summed E-state index contributed by atoms with van der Waals surface area (Å²) in [5.74, 6) is -0.347. The van der Waals surface area contributed by atoms with Crippen LogP contribution in [0.4, 0.5) is 5.69 Å². The Balaban J connectivity index is 2.09. The van der Waals surface area contributed by atoms with Crippen molar-refractivity contribution in [2.24, 2.45) is 0 Å². The monoisotopic (exact) mass is 647 g/mol. The number of sulfonamides is 1. The highest BCUT2D eigenvalue weighted by Gasteiger charge is 2.34. The third kappa shape index (κ3) is 9.11. The molecule has 1 N–H and O–H groups in total. The Morgan fingerprint density at radius 1 is 0.930 bits per heavy atom. The van der Waals surface area contributed by atoms with Gasteiger partial charge in [-0.05, 0) is 95.1 Å². The Morgan fingerprint density at radius 2 is 1.56 bits per heavy atom. The lowest BCUT2D eigenvalue weighted by molar-refractivity contribution is -0.141. The molecule has 11 heteroatoms. The van der Waals surface area contributed by atoms with Crippen LogP contribution in [-0.4, -0.2) is 49.9 Å². The van der Waals surface area contributed by atoms with Crippen molar-refractivity contribution in [3.63, 3.8) is 0 Å². The number of amides is 2. The van der Waals surface area contributed by atoms with Crippen molar-refractivity contribution >= 4 is 50.7 Å². The van der Waals surface area contributed by atoms with Gasteiger partial charge in [0.1, 0.15) is 18.3 Å². The zero-order valence-corrected chi connectivity index (χ0v) is 27.7. The molecule has 0 radical (unpaired) electrons. The number of aryl methyl sites for hydroxylation is 1. The second kappa shape index (κ2) is 14.5. The number of nitrogens with one attached hydrogen (secondary N) is 1. The average Bonchev–Trinajstić information content (AvgIpc) is 2.93. The molecular weight excluding hydrogens is 609 g/mol. The van der Waals surface area contributed by atoms with Gasteiger partial charge >= 0.3 is 0 Å². The van der Waals surface area contributed by atoms with Crippen molar-refractivity contribution in [2.45, 2.75) is 71.0 Å². The molecule has 0 aliphatic heterocycles. The molecule has 8 nitrogen and oxygen atoms in total. The third-order valence-electron chi connectivity index (χ3n) is 6.54. The second-order valence-electron chi connectivity index (χ2n) is 11.2. The molecule has 0 saturated carbocycles. The zero-order valence-electron chi connectivity index (χ0n) is 25.4. The van der Waals surface area contributed by atoms with E-state index >= 15 is 0 Å². The first-order valence-corrected chi connectivity index (χ1v) is 16.2. The normalized spacial score (nSPS) is 12.4. The number of carbonyl (C=O) groups excluding carboxylic acids is 2. The number of rotatable bonds is 12. The Kier molecular flexibility index (Phi) is 11.5. The first-order valence-electron chi connectivity index (χ1n) is 14.0. The molecule has 0 saturated heterocycles. The largest absolute Gasteiger partial charge is 0.494 e. The van der Waals surface area contributed by atoms with Gasteiger partial charge in [-0.15, -0.1) is 0 Å². The molecule has 0 heterocycles. The molecule has 0 aliphatic rings. The van der Waals surface area contributed by atoms with Gasteiger partial charge in [0.25, 0.3) is 10.0 Å². The van der Waals surface area contributed by atoms with E-state index in [0.717, 1.165) is 9.87 Å². The molecule has 0 bridgehead atoms. The molecule has 3 aromatic rings. The van der Waals surface area contributed by atoms with Crippen LogP contribution < -0.4 is 14.4 Å². The zero-order chi connectivity index (χ0) is 31.9. The Hall–Kier alpha value is -3.27. The van der Waals surface area contributed by atoms with E-state index < -0.39 is 34.1 Å². The maximum atomic E-state index is 14.2. The smallest absolute Gasteiger partial charge is 0.264 e. The van der Waals surface area contributed by atoms with Gasteiger partial charge in [0.15, 0.2) is 0 Å². The van der Waals surface area contributed by atoms with Crippen LogP contribution in [0.1, 0.15) is 52.2 Å². The van der Waals surface area contributed by atoms with Crippen LogP contribution in [0.2, 0.25) is 10.0 Å². The lowest BCUT2D eigenvalue weighted by atomic mass is 10.1. The first kappa shape index (κ1) is 34.2. The Morgan fingerprint density at radius 3 is 2.09 bits per heavy atom. The molecule has 0 spiro atoms. The van der Waals surface area contributed by atoms with Gasteiger partial charge < -0.3 is 15.0 Å². The second-order valence-corrected chi connectivity index (χ2v) is 13.9. The minimum absolute atomic E-state index is 0.00743. The number of anilines is 1. The average molecular weight is 649 g/mol. The summed E-state index contributed by atoms with van der Waals surface area (Å²) in [7, 11) is -4.19. The van der Waals surface area contributed by atoms with Gasteiger partial charge in [-0.2, -0.15) is 0 Å². The fourth-order valence-electron chi connectivity index (χ4n) is 4.45. The van der Waals surface area contributed by atoms with Gasteiger partial charge in [-0.3, -0.25) is 13.9 Å². The number of halogens is 2. The number of nitrogens with zero attached hydrogens (tertiary/aromatic N) is 2. The molecule has 0 aromatic heterocycles. The van der Waals surface area contributed by atoms with E-state index in [-0.39, 0.29) is 23.0 Å². The quantitative estimate of drug-likeness (QED) is 0.238. The molecular formula is C32H39Cl2N3O5S. The van der Waals surface area contributed by atoms with Crippen molar-refractivity contribution in [1.82, 2.24) is 10.2 Å². The molecule has 232 valence electrons. The van der Waals surface area contributed by atoms with Crippen molar-refractivity contribution in [2.75, 3.05) is 17.5 Å².